The normalized spacial score (nSPS) is 10.3. The predicted octanol–water partition coefficient (Wildman–Crippen LogP) is 3.23. The van der Waals surface area contributed by atoms with Crippen molar-refractivity contribution in [3.63, 3.8) is 0 Å². The van der Waals surface area contributed by atoms with Crippen molar-refractivity contribution in [2.45, 2.75) is 4.90 Å². The molecule has 1 aromatic carbocycles. The van der Waals surface area contributed by atoms with Crippen molar-refractivity contribution in [1.29, 1.82) is 5.26 Å². The summed E-state index contributed by atoms with van der Waals surface area (Å²) in [5.41, 5.74) is 2.13. The zero-order valence-corrected chi connectivity index (χ0v) is 13.5. The van der Waals surface area contributed by atoms with E-state index in [0.717, 1.165) is 16.0 Å². The molecular formula is C17H12N4O2S. The molecule has 0 aliphatic heterocycles. The lowest BCUT2D eigenvalue weighted by molar-refractivity contribution is 0.0697. The molecule has 2 aromatic heterocycles. The largest absolute Gasteiger partial charge is 0.478 e. The number of carbonyl (C=O) groups is 1. The number of nitrogens with zero attached hydrogens (tertiary/aromatic N) is 4. The number of thioether (sulfide) groups is 1. The van der Waals surface area contributed by atoms with Crippen LogP contribution in [-0.4, -0.2) is 32.1 Å². The van der Waals surface area contributed by atoms with E-state index < -0.39 is 5.97 Å². The van der Waals surface area contributed by atoms with Crippen molar-refractivity contribution in [3.05, 3.63) is 60.0 Å². The van der Waals surface area contributed by atoms with Crippen LogP contribution in [0.5, 0.6) is 0 Å². The van der Waals surface area contributed by atoms with E-state index in [1.54, 1.807) is 24.0 Å². The molecule has 0 fully saturated rings. The van der Waals surface area contributed by atoms with Crippen LogP contribution < -0.4 is 0 Å². The summed E-state index contributed by atoms with van der Waals surface area (Å²) in [6, 6.07) is 11.6. The first-order valence-electron chi connectivity index (χ1n) is 6.95. The fraction of sp³-hybridized carbons (Fsp3) is 0.0588. The molecule has 0 amide bonds. The molecule has 1 N–H and O–H groups in total. The first-order valence-corrected chi connectivity index (χ1v) is 8.18. The van der Waals surface area contributed by atoms with Crippen molar-refractivity contribution >= 4 is 17.7 Å². The van der Waals surface area contributed by atoms with Gasteiger partial charge in [0.15, 0.2) is 5.82 Å². The molecule has 7 heteroatoms. The van der Waals surface area contributed by atoms with E-state index in [9.17, 15) is 10.1 Å². The predicted molar refractivity (Wildman–Crippen MR) is 90.3 cm³/mol. The van der Waals surface area contributed by atoms with Crippen LogP contribution >= 0.6 is 11.8 Å². The van der Waals surface area contributed by atoms with Crippen LogP contribution in [0.25, 0.3) is 16.9 Å². The lowest BCUT2D eigenvalue weighted by Gasteiger charge is -2.07. The third-order valence-electron chi connectivity index (χ3n) is 3.48. The van der Waals surface area contributed by atoms with Gasteiger partial charge in [-0.25, -0.2) is 14.5 Å². The molecular weight excluding hydrogens is 324 g/mol. The first kappa shape index (κ1) is 15.8. The Bertz CT molecular complexity index is 942. The van der Waals surface area contributed by atoms with Crippen molar-refractivity contribution in [1.82, 2.24) is 14.8 Å². The van der Waals surface area contributed by atoms with Gasteiger partial charge in [0.05, 0.1) is 23.4 Å². The minimum atomic E-state index is -1.06. The molecule has 0 unspecified atom stereocenters. The fourth-order valence-corrected chi connectivity index (χ4v) is 2.63. The SMILES string of the molecule is CSc1ccc(-c2cnc(-n3cc(C(=O)O)cn3)cc2C#N)cc1. The zero-order valence-electron chi connectivity index (χ0n) is 12.7. The number of benzene rings is 1. The number of nitriles is 1. The van der Waals surface area contributed by atoms with E-state index in [2.05, 4.69) is 16.2 Å². The summed E-state index contributed by atoms with van der Waals surface area (Å²) < 4.78 is 1.34. The molecule has 0 aliphatic carbocycles. The van der Waals surface area contributed by atoms with Crippen LogP contribution in [0.4, 0.5) is 0 Å². The van der Waals surface area contributed by atoms with E-state index in [-0.39, 0.29) is 5.56 Å². The Labute approximate surface area is 142 Å². The number of rotatable bonds is 4. The maximum atomic E-state index is 10.9. The Hall–Kier alpha value is -3.11. The molecule has 24 heavy (non-hydrogen) atoms. The summed E-state index contributed by atoms with van der Waals surface area (Å²) in [6.45, 7) is 0. The molecule has 118 valence electrons. The smallest absolute Gasteiger partial charge is 0.338 e. The van der Waals surface area contributed by atoms with Gasteiger partial charge in [0.1, 0.15) is 0 Å². The van der Waals surface area contributed by atoms with E-state index in [0.29, 0.717) is 11.4 Å². The topological polar surface area (TPSA) is 91.8 Å². The highest BCUT2D eigenvalue weighted by atomic mass is 32.2. The van der Waals surface area contributed by atoms with Crippen molar-refractivity contribution in [2.24, 2.45) is 0 Å². The zero-order chi connectivity index (χ0) is 17.1. The molecule has 0 bridgehead atoms. The Kier molecular flexibility index (Phi) is 4.31. The first-order chi connectivity index (χ1) is 11.6. The lowest BCUT2D eigenvalue weighted by atomic mass is 10.0. The quantitative estimate of drug-likeness (QED) is 0.735. The summed E-state index contributed by atoms with van der Waals surface area (Å²) >= 11 is 1.65. The third kappa shape index (κ3) is 3.00. The van der Waals surface area contributed by atoms with Crippen LogP contribution in [0.15, 0.2) is 53.8 Å². The summed E-state index contributed by atoms with van der Waals surface area (Å²) in [5, 5.41) is 22.4. The maximum absolute atomic E-state index is 10.9. The van der Waals surface area contributed by atoms with Gasteiger partial charge >= 0.3 is 5.97 Å². The second-order valence-corrected chi connectivity index (χ2v) is 5.79. The van der Waals surface area contributed by atoms with E-state index in [1.165, 1.54) is 17.1 Å². The number of carboxylic acid groups (broad SMARTS) is 1. The molecule has 0 saturated heterocycles. The number of aromatic carboxylic acids is 1. The second-order valence-electron chi connectivity index (χ2n) is 4.91. The van der Waals surface area contributed by atoms with Crippen molar-refractivity contribution in [2.75, 3.05) is 6.26 Å². The van der Waals surface area contributed by atoms with Gasteiger partial charge in [-0.05, 0) is 24.0 Å². The van der Waals surface area contributed by atoms with Crippen LogP contribution in [-0.2, 0) is 0 Å². The van der Waals surface area contributed by atoms with E-state index in [4.69, 9.17) is 5.11 Å². The van der Waals surface area contributed by atoms with Crippen LogP contribution in [0.2, 0.25) is 0 Å². The summed E-state index contributed by atoms with van der Waals surface area (Å²) in [4.78, 5) is 16.4. The van der Waals surface area contributed by atoms with Crippen LogP contribution in [0, 0.1) is 11.3 Å². The maximum Gasteiger partial charge on any atom is 0.338 e. The van der Waals surface area contributed by atoms with Gasteiger partial charge in [0.25, 0.3) is 0 Å². The Morgan fingerprint density at radius 3 is 2.62 bits per heavy atom. The summed E-state index contributed by atoms with van der Waals surface area (Å²) in [7, 11) is 0. The molecule has 0 aliphatic rings. The minimum absolute atomic E-state index is 0.0621. The highest BCUT2D eigenvalue weighted by Gasteiger charge is 2.11. The van der Waals surface area contributed by atoms with Gasteiger partial charge < -0.3 is 5.11 Å². The van der Waals surface area contributed by atoms with Gasteiger partial charge in [-0.2, -0.15) is 10.4 Å². The molecule has 0 spiro atoms. The summed E-state index contributed by atoms with van der Waals surface area (Å²) in [6.07, 6.45) is 6.20. The molecule has 0 saturated carbocycles. The number of hydrogen-bond donors (Lipinski definition) is 1. The van der Waals surface area contributed by atoms with Crippen molar-refractivity contribution in [3.8, 4) is 23.0 Å². The highest BCUT2D eigenvalue weighted by molar-refractivity contribution is 7.98. The third-order valence-corrected chi connectivity index (χ3v) is 4.22. The Morgan fingerprint density at radius 1 is 1.29 bits per heavy atom. The van der Waals surface area contributed by atoms with Crippen molar-refractivity contribution < 1.29 is 9.90 Å². The fourth-order valence-electron chi connectivity index (χ4n) is 2.22. The Morgan fingerprint density at radius 2 is 2.04 bits per heavy atom. The molecule has 0 atom stereocenters. The van der Waals surface area contributed by atoms with Gasteiger partial charge in [-0.15, -0.1) is 11.8 Å². The van der Waals surface area contributed by atoms with Gasteiger partial charge in [-0.1, -0.05) is 12.1 Å². The molecule has 3 rings (SSSR count). The highest BCUT2D eigenvalue weighted by Crippen LogP contribution is 2.26. The van der Waals surface area contributed by atoms with E-state index >= 15 is 0 Å². The monoisotopic (exact) mass is 336 g/mol. The Balaban J connectivity index is 2.01. The average molecular weight is 336 g/mol. The van der Waals surface area contributed by atoms with Gasteiger partial charge in [0, 0.05) is 28.9 Å². The number of carboxylic acids is 1. The number of aromatic nitrogens is 3. The van der Waals surface area contributed by atoms with Gasteiger partial charge in [0.2, 0.25) is 0 Å². The standard InChI is InChI=1S/C17H12N4O2S/c1-24-14-4-2-11(3-5-14)15-9-19-16(6-12(15)7-18)21-10-13(8-20-21)17(22)23/h2-6,8-10H,1H3,(H,22,23). The minimum Gasteiger partial charge on any atom is -0.478 e. The van der Waals surface area contributed by atoms with E-state index in [1.807, 2.05) is 30.5 Å². The number of pyridine rings is 1. The number of hydrogen-bond acceptors (Lipinski definition) is 5. The molecule has 3 aromatic rings. The summed E-state index contributed by atoms with van der Waals surface area (Å²) in [5.74, 6) is -0.671. The van der Waals surface area contributed by atoms with Crippen LogP contribution in [0.3, 0.4) is 0 Å². The molecule has 2 heterocycles. The average Bonchev–Trinajstić information content (AvgIpc) is 3.12. The molecule has 6 nitrogen and oxygen atoms in total. The lowest BCUT2D eigenvalue weighted by Crippen LogP contribution is -2.00. The van der Waals surface area contributed by atoms with Gasteiger partial charge in [-0.3, -0.25) is 0 Å². The molecule has 0 radical (unpaired) electrons. The van der Waals surface area contributed by atoms with Crippen LogP contribution in [0.1, 0.15) is 15.9 Å². The second kappa shape index (κ2) is 6.56.